The van der Waals surface area contributed by atoms with Gasteiger partial charge in [0.25, 0.3) is 0 Å². The molecule has 0 heterocycles. The molecular weight excluding hydrogens is 284 g/mol. The van der Waals surface area contributed by atoms with Gasteiger partial charge in [-0.05, 0) is 37.1 Å². The number of benzene rings is 1. The van der Waals surface area contributed by atoms with Gasteiger partial charge in [0.15, 0.2) is 0 Å². The van der Waals surface area contributed by atoms with Crippen LogP contribution in [-0.4, -0.2) is 18.6 Å². The van der Waals surface area contributed by atoms with Crippen molar-refractivity contribution in [1.29, 1.82) is 0 Å². The summed E-state index contributed by atoms with van der Waals surface area (Å²) in [5.41, 5.74) is 6.42. The molecule has 2 N–H and O–H groups in total. The Balaban J connectivity index is 0.00000256. The molecule has 6 heteroatoms. The maximum absolute atomic E-state index is 11.3. The highest BCUT2D eigenvalue weighted by Crippen LogP contribution is 2.21. The van der Waals surface area contributed by atoms with Gasteiger partial charge in [-0.2, -0.15) is 0 Å². The molecule has 0 fully saturated rings. The molecule has 0 saturated carbocycles. The average molecular weight is 299 g/mol. The Morgan fingerprint density at radius 2 is 2.12 bits per heavy atom. The van der Waals surface area contributed by atoms with Crippen molar-refractivity contribution in [1.82, 2.24) is 0 Å². The first kappa shape index (κ1) is 16.5. The number of hydrogen-bond acceptors (Lipinski definition) is 3. The molecule has 1 atom stereocenters. The van der Waals surface area contributed by atoms with Gasteiger partial charge in [-0.3, -0.25) is 4.79 Å². The lowest BCUT2D eigenvalue weighted by Crippen LogP contribution is -2.34. The van der Waals surface area contributed by atoms with E-state index in [1.165, 1.54) is 0 Å². The molecule has 0 bridgehead atoms. The predicted octanol–water partition coefficient (Wildman–Crippen LogP) is 2.85. The van der Waals surface area contributed by atoms with Crippen LogP contribution in [0.3, 0.4) is 0 Å². The molecule has 1 unspecified atom stereocenters. The number of nitrogens with two attached hydrogens (primary N) is 1. The molecule has 0 radical (unpaired) electrons. The highest BCUT2D eigenvalue weighted by Gasteiger charge is 2.16. The molecule has 0 aromatic heterocycles. The van der Waals surface area contributed by atoms with Crippen LogP contribution in [0.25, 0.3) is 0 Å². The van der Waals surface area contributed by atoms with Crippen molar-refractivity contribution in [2.45, 2.75) is 19.4 Å². The smallest absolute Gasteiger partial charge is 0.323 e. The standard InChI is InChI=1S/C11H13Cl2NO2.ClH/c1-2-16-11(15)10(14)6-7-5-8(12)3-4-9(7)13;/h3-5,10H,2,6,14H2,1H3;1H. The van der Waals surface area contributed by atoms with Gasteiger partial charge in [-0.25, -0.2) is 0 Å². The van der Waals surface area contributed by atoms with Gasteiger partial charge in [-0.15, -0.1) is 12.4 Å². The fourth-order valence-corrected chi connectivity index (χ4v) is 1.66. The van der Waals surface area contributed by atoms with E-state index in [1.54, 1.807) is 25.1 Å². The van der Waals surface area contributed by atoms with E-state index in [-0.39, 0.29) is 12.4 Å². The monoisotopic (exact) mass is 297 g/mol. The van der Waals surface area contributed by atoms with Crippen LogP contribution in [0.15, 0.2) is 18.2 Å². The molecule has 0 aliphatic carbocycles. The Kier molecular flexibility index (Phi) is 7.55. The van der Waals surface area contributed by atoms with E-state index in [0.29, 0.717) is 23.1 Å². The summed E-state index contributed by atoms with van der Waals surface area (Å²) in [5.74, 6) is -0.432. The van der Waals surface area contributed by atoms with Gasteiger partial charge < -0.3 is 10.5 Å². The zero-order chi connectivity index (χ0) is 12.1. The van der Waals surface area contributed by atoms with E-state index in [0.717, 1.165) is 5.56 Å². The Hall–Kier alpha value is -0.480. The molecule has 17 heavy (non-hydrogen) atoms. The van der Waals surface area contributed by atoms with Crippen molar-refractivity contribution in [2.24, 2.45) is 5.73 Å². The quantitative estimate of drug-likeness (QED) is 0.870. The third-order valence-corrected chi connectivity index (χ3v) is 2.64. The van der Waals surface area contributed by atoms with E-state index in [9.17, 15) is 4.79 Å². The highest BCUT2D eigenvalue weighted by molar-refractivity contribution is 6.33. The summed E-state index contributed by atoms with van der Waals surface area (Å²) in [6, 6.07) is 4.35. The summed E-state index contributed by atoms with van der Waals surface area (Å²) in [6.07, 6.45) is 0.318. The fourth-order valence-electron chi connectivity index (χ4n) is 1.27. The van der Waals surface area contributed by atoms with Gasteiger partial charge in [0.1, 0.15) is 6.04 Å². The normalized spacial score (nSPS) is 11.5. The molecule has 1 rings (SSSR count). The molecule has 3 nitrogen and oxygen atoms in total. The summed E-state index contributed by atoms with van der Waals surface area (Å²) in [6.45, 7) is 2.05. The van der Waals surface area contributed by atoms with E-state index in [4.69, 9.17) is 33.7 Å². The average Bonchev–Trinajstić information content (AvgIpc) is 2.23. The molecule has 0 amide bonds. The predicted molar refractivity (Wildman–Crippen MR) is 72.0 cm³/mol. The van der Waals surface area contributed by atoms with Crippen molar-refractivity contribution in [3.8, 4) is 0 Å². The number of carbonyl (C=O) groups excluding carboxylic acids is 1. The van der Waals surface area contributed by atoms with Crippen molar-refractivity contribution in [2.75, 3.05) is 6.61 Å². The third kappa shape index (κ3) is 5.13. The zero-order valence-electron chi connectivity index (χ0n) is 9.28. The maximum Gasteiger partial charge on any atom is 0.323 e. The molecule has 0 aliphatic heterocycles. The lowest BCUT2D eigenvalue weighted by molar-refractivity contribution is -0.144. The number of hydrogen-bond donors (Lipinski definition) is 1. The Bertz CT molecular complexity index is 385. The minimum absolute atomic E-state index is 0. The first-order valence-electron chi connectivity index (χ1n) is 4.90. The SMILES string of the molecule is CCOC(=O)C(N)Cc1cc(Cl)ccc1Cl.Cl. The summed E-state index contributed by atoms with van der Waals surface area (Å²) in [5, 5.41) is 1.11. The Morgan fingerprint density at radius 1 is 1.47 bits per heavy atom. The van der Waals surface area contributed by atoms with Crippen LogP contribution in [0, 0.1) is 0 Å². The summed E-state index contributed by atoms with van der Waals surface area (Å²) >= 11 is 11.8. The molecule has 96 valence electrons. The van der Waals surface area contributed by atoms with Gasteiger partial charge in [0.2, 0.25) is 0 Å². The largest absolute Gasteiger partial charge is 0.465 e. The van der Waals surface area contributed by atoms with Crippen molar-refractivity contribution in [3.63, 3.8) is 0 Å². The van der Waals surface area contributed by atoms with Crippen LogP contribution >= 0.6 is 35.6 Å². The summed E-state index contributed by atoms with van der Waals surface area (Å²) in [4.78, 5) is 11.3. The van der Waals surface area contributed by atoms with Crippen LogP contribution < -0.4 is 5.73 Å². The topological polar surface area (TPSA) is 52.3 Å². The van der Waals surface area contributed by atoms with E-state index in [1.807, 2.05) is 0 Å². The maximum atomic E-state index is 11.3. The van der Waals surface area contributed by atoms with E-state index < -0.39 is 12.0 Å². The van der Waals surface area contributed by atoms with E-state index >= 15 is 0 Å². The minimum atomic E-state index is -0.712. The molecule has 0 saturated heterocycles. The van der Waals surface area contributed by atoms with Crippen molar-refractivity contribution in [3.05, 3.63) is 33.8 Å². The van der Waals surface area contributed by atoms with Crippen LogP contribution in [0.5, 0.6) is 0 Å². The van der Waals surface area contributed by atoms with Gasteiger partial charge in [0.05, 0.1) is 6.61 Å². The molecule has 0 spiro atoms. The second-order valence-electron chi connectivity index (χ2n) is 3.30. The Labute approximate surface area is 117 Å². The zero-order valence-corrected chi connectivity index (χ0v) is 11.6. The first-order valence-corrected chi connectivity index (χ1v) is 5.66. The number of rotatable bonds is 4. The van der Waals surface area contributed by atoms with Crippen LogP contribution in [0.2, 0.25) is 10.0 Å². The lowest BCUT2D eigenvalue weighted by Gasteiger charge is -2.11. The van der Waals surface area contributed by atoms with E-state index in [2.05, 4.69) is 0 Å². The lowest BCUT2D eigenvalue weighted by atomic mass is 10.1. The van der Waals surface area contributed by atoms with Crippen molar-refractivity contribution >= 4 is 41.6 Å². The highest BCUT2D eigenvalue weighted by atomic mass is 35.5. The Morgan fingerprint density at radius 3 is 2.71 bits per heavy atom. The summed E-state index contributed by atoms with van der Waals surface area (Å²) < 4.78 is 4.81. The third-order valence-electron chi connectivity index (χ3n) is 2.04. The van der Waals surface area contributed by atoms with Gasteiger partial charge in [0, 0.05) is 10.0 Å². The molecule has 1 aromatic rings. The fraction of sp³-hybridized carbons (Fsp3) is 0.364. The number of ether oxygens (including phenoxy) is 1. The van der Waals surface area contributed by atoms with Crippen LogP contribution in [0.4, 0.5) is 0 Å². The second-order valence-corrected chi connectivity index (χ2v) is 4.14. The molecule has 0 aliphatic rings. The number of carbonyl (C=O) groups is 1. The molecule has 1 aromatic carbocycles. The van der Waals surface area contributed by atoms with Crippen LogP contribution in [0.1, 0.15) is 12.5 Å². The second kappa shape index (κ2) is 7.77. The molecular formula is C11H14Cl3NO2. The van der Waals surface area contributed by atoms with Gasteiger partial charge >= 0.3 is 5.97 Å². The minimum Gasteiger partial charge on any atom is -0.465 e. The summed E-state index contributed by atoms with van der Waals surface area (Å²) in [7, 11) is 0. The van der Waals surface area contributed by atoms with Crippen LogP contribution in [-0.2, 0) is 16.0 Å². The van der Waals surface area contributed by atoms with Gasteiger partial charge in [-0.1, -0.05) is 23.2 Å². The van der Waals surface area contributed by atoms with Crippen molar-refractivity contribution < 1.29 is 9.53 Å². The first-order chi connectivity index (χ1) is 7.54. The number of esters is 1. The number of halogens is 3.